The van der Waals surface area contributed by atoms with Gasteiger partial charge in [0, 0.05) is 31.7 Å². The summed E-state index contributed by atoms with van der Waals surface area (Å²) < 4.78 is 11.3. The third-order valence-electron chi connectivity index (χ3n) is 4.73. The van der Waals surface area contributed by atoms with Crippen molar-refractivity contribution >= 4 is 5.91 Å². The van der Waals surface area contributed by atoms with E-state index >= 15 is 0 Å². The zero-order valence-corrected chi connectivity index (χ0v) is 15.0. The highest BCUT2D eigenvalue weighted by molar-refractivity contribution is 5.93. The summed E-state index contributed by atoms with van der Waals surface area (Å²) >= 11 is 0. The molecule has 0 saturated heterocycles. The summed E-state index contributed by atoms with van der Waals surface area (Å²) in [6, 6.07) is 20.1. The summed E-state index contributed by atoms with van der Waals surface area (Å²) in [5, 5.41) is 2.95. The Morgan fingerprint density at radius 2 is 1.89 bits per heavy atom. The molecule has 5 nitrogen and oxygen atoms in total. The van der Waals surface area contributed by atoms with Gasteiger partial charge in [-0.2, -0.15) is 0 Å². The van der Waals surface area contributed by atoms with Crippen LogP contribution in [0.3, 0.4) is 0 Å². The van der Waals surface area contributed by atoms with Crippen molar-refractivity contribution in [3.63, 3.8) is 0 Å². The standard InChI is InChI=1S/C22H22N2O3/c25-22(19-10-13-26-16-19)23-11-12-24-14-18-8-4-5-9-20(18)27-21(15-24)17-6-2-1-3-7-17/h1-10,13,16,21H,11-12,14-15H2,(H,23,25). The van der Waals surface area contributed by atoms with Crippen molar-refractivity contribution in [1.82, 2.24) is 10.2 Å². The van der Waals surface area contributed by atoms with Crippen LogP contribution >= 0.6 is 0 Å². The van der Waals surface area contributed by atoms with Gasteiger partial charge in [-0.1, -0.05) is 48.5 Å². The summed E-state index contributed by atoms with van der Waals surface area (Å²) in [7, 11) is 0. The Kier molecular flexibility index (Phi) is 5.21. The quantitative estimate of drug-likeness (QED) is 0.753. The number of hydrogen-bond acceptors (Lipinski definition) is 4. The molecule has 1 unspecified atom stereocenters. The Balaban J connectivity index is 1.45. The maximum Gasteiger partial charge on any atom is 0.254 e. The lowest BCUT2D eigenvalue weighted by molar-refractivity contribution is 0.0942. The summed E-state index contributed by atoms with van der Waals surface area (Å²) in [6.07, 6.45) is 2.92. The zero-order chi connectivity index (χ0) is 18.5. The third kappa shape index (κ3) is 4.20. The number of rotatable bonds is 5. The number of ether oxygens (including phenoxy) is 1. The molecule has 3 aromatic rings. The number of carbonyl (C=O) groups is 1. The molecule has 1 aliphatic heterocycles. The van der Waals surface area contributed by atoms with Crippen LogP contribution in [-0.4, -0.2) is 30.4 Å². The molecule has 0 aliphatic carbocycles. The van der Waals surface area contributed by atoms with Crippen LogP contribution in [0.15, 0.2) is 77.6 Å². The van der Waals surface area contributed by atoms with E-state index in [9.17, 15) is 4.79 Å². The highest BCUT2D eigenvalue weighted by Crippen LogP contribution is 2.30. The van der Waals surface area contributed by atoms with Gasteiger partial charge >= 0.3 is 0 Å². The summed E-state index contributed by atoms with van der Waals surface area (Å²) in [5.74, 6) is 0.811. The number of fused-ring (bicyclic) bond motifs is 1. The fourth-order valence-electron chi connectivity index (χ4n) is 3.31. The van der Waals surface area contributed by atoms with Crippen LogP contribution in [0.25, 0.3) is 0 Å². The van der Waals surface area contributed by atoms with Crippen molar-refractivity contribution in [2.45, 2.75) is 12.6 Å². The molecule has 1 atom stereocenters. The Labute approximate surface area is 158 Å². The molecule has 1 N–H and O–H groups in total. The fourth-order valence-corrected chi connectivity index (χ4v) is 3.31. The van der Waals surface area contributed by atoms with Crippen LogP contribution in [-0.2, 0) is 6.54 Å². The second-order valence-corrected chi connectivity index (χ2v) is 6.63. The van der Waals surface area contributed by atoms with Gasteiger partial charge in [0.1, 0.15) is 18.1 Å². The highest BCUT2D eigenvalue weighted by atomic mass is 16.5. The van der Waals surface area contributed by atoms with Gasteiger partial charge in [-0.15, -0.1) is 0 Å². The summed E-state index contributed by atoms with van der Waals surface area (Å²) in [4.78, 5) is 14.4. The number of nitrogens with one attached hydrogen (secondary N) is 1. The van der Waals surface area contributed by atoms with E-state index in [1.54, 1.807) is 6.07 Å². The molecule has 0 bridgehead atoms. The van der Waals surface area contributed by atoms with Crippen LogP contribution in [0.5, 0.6) is 5.75 Å². The number of nitrogens with zero attached hydrogens (tertiary/aromatic N) is 1. The number of para-hydroxylation sites is 1. The maximum atomic E-state index is 12.1. The van der Waals surface area contributed by atoms with Crippen molar-refractivity contribution < 1.29 is 13.9 Å². The second kappa shape index (κ2) is 8.10. The van der Waals surface area contributed by atoms with Crippen LogP contribution in [0.1, 0.15) is 27.6 Å². The van der Waals surface area contributed by atoms with Crippen molar-refractivity contribution in [1.29, 1.82) is 0 Å². The molecular formula is C22H22N2O3. The van der Waals surface area contributed by atoms with E-state index in [1.807, 2.05) is 36.4 Å². The molecule has 4 rings (SSSR count). The lowest BCUT2D eigenvalue weighted by Crippen LogP contribution is -2.36. The number of carbonyl (C=O) groups excluding carboxylic acids is 1. The summed E-state index contributed by atoms with van der Waals surface area (Å²) in [5.41, 5.74) is 2.86. The van der Waals surface area contributed by atoms with Gasteiger partial charge in [0.15, 0.2) is 0 Å². The second-order valence-electron chi connectivity index (χ2n) is 6.63. The minimum absolute atomic E-state index is 0.0422. The first-order valence-corrected chi connectivity index (χ1v) is 9.12. The summed E-state index contributed by atoms with van der Waals surface area (Å²) in [6.45, 7) is 2.86. The van der Waals surface area contributed by atoms with E-state index in [0.717, 1.165) is 36.5 Å². The molecule has 0 saturated carbocycles. The van der Waals surface area contributed by atoms with Gasteiger partial charge in [0.2, 0.25) is 0 Å². The van der Waals surface area contributed by atoms with E-state index in [-0.39, 0.29) is 12.0 Å². The van der Waals surface area contributed by atoms with Gasteiger partial charge in [0.05, 0.1) is 11.8 Å². The van der Waals surface area contributed by atoms with Crippen molar-refractivity contribution in [2.24, 2.45) is 0 Å². The Morgan fingerprint density at radius 3 is 2.70 bits per heavy atom. The Bertz CT molecular complexity index is 878. The first-order chi connectivity index (χ1) is 13.3. The first-order valence-electron chi connectivity index (χ1n) is 9.12. The van der Waals surface area contributed by atoms with Crippen LogP contribution in [0.4, 0.5) is 0 Å². The SMILES string of the molecule is O=C(NCCN1Cc2ccccc2OC(c2ccccc2)C1)c1ccoc1. The fraction of sp³-hybridized carbons (Fsp3) is 0.227. The van der Waals surface area contributed by atoms with Gasteiger partial charge < -0.3 is 14.5 Å². The molecule has 5 heteroatoms. The van der Waals surface area contributed by atoms with E-state index in [0.29, 0.717) is 12.1 Å². The lowest BCUT2D eigenvalue weighted by atomic mass is 10.1. The topological polar surface area (TPSA) is 54.7 Å². The molecule has 0 spiro atoms. The number of hydrogen-bond donors (Lipinski definition) is 1. The normalized spacial score (nSPS) is 16.8. The van der Waals surface area contributed by atoms with E-state index in [2.05, 4.69) is 28.4 Å². The Hall–Kier alpha value is -3.05. The average Bonchev–Trinajstić information content (AvgIpc) is 3.17. The van der Waals surface area contributed by atoms with Gasteiger partial charge in [-0.05, 0) is 17.7 Å². The largest absolute Gasteiger partial charge is 0.484 e. The highest BCUT2D eigenvalue weighted by Gasteiger charge is 2.24. The van der Waals surface area contributed by atoms with Crippen molar-refractivity contribution in [3.05, 3.63) is 89.9 Å². The predicted octanol–water partition coefficient (Wildman–Crippen LogP) is 3.65. The maximum absolute atomic E-state index is 12.1. The molecule has 1 aromatic heterocycles. The van der Waals surface area contributed by atoms with E-state index in [4.69, 9.17) is 9.15 Å². The lowest BCUT2D eigenvalue weighted by Gasteiger charge is -2.24. The molecule has 138 valence electrons. The van der Waals surface area contributed by atoms with E-state index in [1.165, 1.54) is 12.5 Å². The van der Waals surface area contributed by atoms with Gasteiger partial charge in [0.25, 0.3) is 5.91 Å². The minimum atomic E-state index is -0.116. The van der Waals surface area contributed by atoms with Crippen molar-refractivity contribution in [2.75, 3.05) is 19.6 Å². The molecule has 2 aromatic carbocycles. The van der Waals surface area contributed by atoms with Crippen molar-refractivity contribution in [3.8, 4) is 5.75 Å². The monoisotopic (exact) mass is 362 g/mol. The average molecular weight is 362 g/mol. The Morgan fingerprint density at radius 1 is 1.07 bits per heavy atom. The van der Waals surface area contributed by atoms with Crippen LogP contribution < -0.4 is 10.1 Å². The van der Waals surface area contributed by atoms with Crippen LogP contribution in [0, 0.1) is 0 Å². The van der Waals surface area contributed by atoms with Gasteiger partial charge in [-0.3, -0.25) is 9.69 Å². The molecule has 2 heterocycles. The van der Waals surface area contributed by atoms with E-state index < -0.39 is 0 Å². The smallest absolute Gasteiger partial charge is 0.254 e. The predicted molar refractivity (Wildman–Crippen MR) is 103 cm³/mol. The molecule has 27 heavy (non-hydrogen) atoms. The minimum Gasteiger partial charge on any atom is -0.484 e. The number of amides is 1. The number of furan rings is 1. The van der Waals surface area contributed by atoms with Crippen LogP contribution in [0.2, 0.25) is 0 Å². The molecule has 1 aliphatic rings. The third-order valence-corrected chi connectivity index (χ3v) is 4.73. The van der Waals surface area contributed by atoms with Gasteiger partial charge in [-0.25, -0.2) is 0 Å². The molecule has 0 fully saturated rings. The first kappa shape index (κ1) is 17.4. The molecule has 0 radical (unpaired) electrons. The molecular weight excluding hydrogens is 340 g/mol. The zero-order valence-electron chi connectivity index (χ0n) is 15.0. The number of benzene rings is 2. The molecule has 1 amide bonds.